The van der Waals surface area contributed by atoms with Crippen molar-refractivity contribution in [3.8, 4) is 11.3 Å². The Labute approximate surface area is 212 Å². The first kappa shape index (κ1) is 23.9. The molecule has 2 aromatic heterocycles. The lowest BCUT2D eigenvalue weighted by Crippen LogP contribution is -2.17. The first-order valence-corrected chi connectivity index (χ1v) is 13.6. The van der Waals surface area contributed by atoms with E-state index in [1.165, 1.54) is 53.2 Å². The summed E-state index contributed by atoms with van der Waals surface area (Å²) in [4.78, 5) is 4.92. The Kier molecular flexibility index (Phi) is 6.40. The van der Waals surface area contributed by atoms with Crippen LogP contribution in [0.4, 0.5) is 4.39 Å². The van der Waals surface area contributed by atoms with Gasteiger partial charge in [-0.05, 0) is 83.2 Å². The molecule has 3 heteroatoms. The molecule has 1 nitrogen and oxygen atoms in total. The first-order valence-electron chi connectivity index (χ1n) is 12.8. The van der Waals surface area contributed by atoms with Gasteiger partial charge in [0, 0.05) is 27.2 Å². The Morgan fingerprint density at radius 2 is 1.66 bits per heavy atom. The van der Waals surface area contributed by atoms with Crippen LogP contribution in [0.2, 0.25) is 0 Å². The number of rotatable bonds is 7. The maximum atomic E-state index is 13.6. The molecule has 0 atom stereocenters. The zero-order valence-electron chi connectivity index (χ0n) is 21.4. The van der Waals surface area contributed by atoms with E-state index in [0.29, 0.717) is 5.92 Å². The molecule has 35 heavy (non-hydrogen) atoms. The lowest BCUT2D eigenvalue weighted by molar-refractivity contribution is 0.256. The third-order valence-corrected chi connectivity index (χ3v) is 8.89. The van der Waals surface area contributed by atoms with E-state index < -0.39 is 0 Å². The fourth-order valence-corrected chi connectivity index (χ4v) is 6.78. The number of nitrogens with zero attached hydrogens (tertiary/aromatic N) is 1. The molecule has 0 fully saturated rings. The van der Waals surface area contributed by atoms with Crippen LogP contribution >= 0.6 is 11.3 Å². The monoisotopic (exact) mass is 483 g/mol. The van der Waals surface area contributed by atoms with Crippen molar-refractivity contribution in [1.29, 1.82) is 0 Å². The maximum absolute atomic E-state index is 13.6. The molecule has 0 saturated heterocycles. The molecule has 0 amide bonds. The highest BCUT2D eigenvalue weighted by Crippen LogP contribution is 2.43. The van der Waals surface area contributed by atoms with Gasteiger partial charge in [-0.2, -0.15) is 0 Å². The Hall–Kier alpha value is -2.78. The average molecular weight is 484 g/mol. The van der Waals surface area contributed by atoms with Crippen molar-refractivity contribution in [3.05, 3.63) is 77.5 Å². The van der Waals surface area contributed by atoms with Crippen LogP contribution in [0.15, 0.2) is 60.8 Å². The van der Waals surface area contributed by atoms with Crippen molar-refractivity contribution < 1.29 is 4.39 Å². The van der Waals surface area contributed by atoms with Crippen LogP contribution in [0, 0.1) is 12.3 Å². The van der Waals surface area contributed by atoms with Gasteiger partial charge < -0.3 is 0 Å². The standard InChI is InChI=1S/C32H34FNS/c1-6-21(7-2)28-17-24(16-22-10-8-9-11-25(22)28)29-31-27(14-15-34-29)26-13-12-23(18-32(4,5)19-33)20(3)30(26)35-31/h8-17,21H,6-7,18-19H2,1-5H3. The Morgan fingerprint density at radius 3 is 2.40 bits per heavy atom. The second-order valence-corrected chi connectivity index (χ2v) is 11.7. The van der Waals surface area contributed by atoms with Gasteiger partial charge in [0.25, 0.3) is 0 Å². The highest BCUT2D eigenvalue weighted by atomic mass is 32.1. The second-order valence-electron chi connectivity index (χ2n) is 10.6. The Bertz CT molecular complexity index is 1520. The van der Waals surface area contributed by atoms with Crippen LogP contribution < -0.4 is 0 Å². The number of aromatic nitrogens is 1. The summed E-state index contributed by atoms with van der Waals surface area (Å²) in [7, 11) is 0. The number of hydrogen-bond acceptors (Lipinski definition) is 2. The van der Waals surface area contributed by atoms with Gasteiger partial charge in [0.2, 0.25) is 0 Å². The number of fused-ring (bicyclic) bond motifs is 4. The predicted octanol–water partition coefficient (Wildman–Crippen LogP) is 10.0. The minimum atomic E-state index is -0.349. The summed E-state index contributed by atoms with van der Waals surface area (Å²) in [5, 5.41) is 5.16. The van der Waals surface area contributed by atoms with Crippen molar-refractivity contribution in [1.82, 2.24) is 4.98 Å². The van der Waals surface area contributed by atoms with Gasteiger partial charge >= 0.3 is 0 Å². The van der Waals surface area contributed by atoms with E-state index in [1.807, 2.05) is 31.4 Å². The van der Waals surface area contributed by atoms with Crippen LogP contribution in [0.5, 0.6) is 0 Å². The van der Waals surface area contributed by atoms with Gasteiger partial charge in [0.05, 0.1) is 17.1 Å². The highest BCUT2D eigenvalue weighted by Gasteiger charge is 2.22. The molecule has 0 N–H and O–H groups in total. The third-order valence-electron chi connectivity index (χ3n) is 7.54. The molecule has 0 radical (unpaired) electrons. The van der Waals surface area contributed by atoms with Gasteiger partial charge in [0.15, 0.2) is 0 Å². The molecule has 5 rings (SSSR count). The SMILES string of the molecule is CCC(CC)c1cc(-c2nccc3c2sc2c(C)c(CC(C)(C)CF)ccc23)cc2ccccc12. The second kappa shape index (κ2) is 9.35. The fourth-order valence-electron chi connectivity index (χ4n) is 5.44. The topological polar surface area (TPSA) is 12.9 Å². The number of alkyl halides is 1. The van der Waals surface area contributed by atoms with E-state index >= 15 is 0 Å². The molecule has 0 aliphatic heterocycles. The van der Waals surface area contributed by atoms with Gasteiger partial charge in [0.1, 0.15) is 0 Å². The van der Waals surface area contributed by atoms with E-state index in [1.54, 1.807) is 0 Å². The maximum Gasteiger partial charge on any atom is 0.0948 e. The van der Waals surface area contributed by atoms with Gasteiger partial charge in [-0.25, -0.2) is 0 Å². The summed E-state index contributed by atoms with van der Waals surface area (Å²) in [6.07, 6.45) is 4.95. The van der Waals surface area contributed by atoms with Gasteiger partial charge in [-0.15, -0.1) is 11.3 Å². The average Bonchev–Trinajstić information content (AvgIpc) is 3.26. The predicted molar refractivity (Wildman–Crippen MR) is 152 cm³/mol. The van der Waals surface area contributed by atoms with Crippen LogP contribution in [-0.4, -0.2) is 11.7 Å². The Morgan fingerprint density at radius 1 is 0.914 bits per heavy atom. The molecular formula is C32H34FNS. The molecule has 3 aromatic carbocycles. The number of thiophene rings is 1. The van der Waals surface area contributed by atoms with Crippen molar-refractivity contribution in [3.63, 3.8) is 0 Å². The molecule has 0 saturated carbocycles. The van der Waals surface area contributed by atoms with Gasteiger partial charge in [-0.1, -0.05) is 64.1 Å². The molecule has 0 aliphatic rings. The summed E-state index contributed by atoms with van der Waals surface area (Å²) in [6.45, 7) is 10.4. The minimum absolute atomic E-state index is 0.314. The van der Waals surface area contributed by atoms with Crippen LogP contribution in [0.1, 0.15) is 63.1 Å². The van der Waals surface area contributed by atoms with E-state index in [0.717, 1.165) is 25.0 Å². The molecule has 5 aromatic rings. The fraction of sp³-hybridized carbons (Fsp3) is 0.344. The summed E-state index contributed by atoms with van der Waals surface area (Å²) in [5.74, 6) is 0.533. The number of pyridine rings is 1. The zero-order chi connectivity index (χ0) is 24.7. The number of benzene rings is 3. The van der Waals surface area contributed by atoms with E-state index in [4.69, 9.17) is 4.98 Å². The zero-order valence-corrected chi connectivity index (χ0v) is 22.2. The number of aryl methyl sites for hydroxylation is 1. The smallest absolute Gasteiger partial charge is 0.0948 e. The molecule has 0 aliphatic carbocycles. The molecule has 0 spiro atoms. The van der Waals surface area contributed by atoms with E-state index in [9.17, 15) is 4.39 Å². The largest absolute Gasteiger partial charge is 0.255 e. The summed E-state index contributed by atoms with van der Waals surface area (Å²) in [5.41, 5.74) is 5.84. The van der Waals surface area contributed by atoms with Crippen LogP contribution in [0.3, 0.4) is 0 Å². The number of halogens is 1. The van der Waals surface area contributed by atoms with Crippen LogP contribution in [-0.2, 0) is 6.42 Å². The molecule has 0 unspecified atom stereocenters. The van der Waals surface area contributed by atoms with Crippen molar-refractivity contribution in [2.45, 2.75) is 59.8 Å². The summed E-state index contributed by atoms with van der Waals surface area (Å²) >= 11 is 1.83. The normalized spacial score (nSPS) is 12.4. The molecule has 2 heterocycles. The van der Waals surface area contributed by atoms with Crippen molar-refractivity contribution in [2.75, 3.05) is 6.67 Å². The summed E-state index contributed by atoms with van der Waals surface area (Å²) in [6, 6.07) is 20.0. The van der Waals surface area contributed by atoms with E-state index in [-0.39, 0.29) is 12.1 Å². The van der Waals surface area contributed by atoms with Crippen molar-refractivity contribution in [2.24, 2.45) is 5.41 Å². The third kappa shape index (κ3) is 4.25. The number of hydrogen-bond donors (Lipinski definition) is 0. The highest BCUT2D eigenvalue weighted by molar-refractivity contribution is 7.26. The van der Waals surface area contributed by atoms with Crippen LogP contribution in [0.25, 0.3) is 42.2 Å². The first-order chi connectivity index (χ1) is 16.9. The lowest BCUT2D eigenvalue weighted by Gasteiger charge is -2.21. The van der Waals surface area contributed by atoms with Crippen molar-refractivity contribution >= 4 is 42.3 Å². The van der Waals surface area contributed by atoms with E-state index in [2.05, 4.69) is 75.4 Å². The van der Waals surface area contributed by atoms with Gasteiger partial charge in [-0.3, -0.25) is 9.37 Å². The molecule has 0 bridgehead atoms. The molecular weight excluding hydrogens is 449 g/mol. The lowest BCUT2D eigenvalue weighted by atomic mass is 9.85. The quantitative estimate of drug-likeness (QED) is 0.224. The molecule has 180 valence electrons. The summed E-state index contributed by atoms with van der Waals surface area (Å²) < 4.78 is 16.1. The Balaban J connectivity index is 1.73. The minimum Gasteiger partial charge on any atom is -0.255 e.